The summed E-state index contributed by atoms with van der Waals surface area (Å²) in [4.78, 5) is 0. The van der Waals surface area contributed by atoms with Crippen LogP contribution in [0.25, 0.3) is 12.2 Å². The van der Waals surface area contributed by atoms with Crippen LogP contribution >= 0.6 is 0 Å². The van der Waals surface area contributed by atoms with Crippen LogP contribution in [0.1, 0.15) is 20.8 Å². The molecule has 0 fully saturated rings. The summed E-state index contributed by atoms with van der Waals surface area (Å²) in [5.74, 6) is 0. The van der Waals surface area contributed by atoms with Gasteiger partial charge in [-0.15, -0.1) is 0 Å². The average Bonchev–Trinajstić information content (AvgIpc) is 2.18. The van der Waals surface area contributed by atoms with Crippen LogP contribution in [0.3, 0.4) is 0 Å². The van der Waals surface area contributed by atoms with Crippen LogP contribution in [-0.2, 0) is 0 Å². The molecule has 0 unspecified atom stereocenters. The van der Waals surface area contributed by atoms with E-state index < -0.39 is 0 Å². The largest absolute Gasteiger partial charge is 0.159 e. The monoisotopic (exact) mass is 174 g/mol. The highest BCUT2D eigenvalue weighted by molar-refractivity contribution is 5.44. The van der Waals surface area contributed by atoms with E-state index in [0.29, 0.717) is 0 Å². The summed E-state index contributed by atoms with van der Waals surface area (Å²) in [7, 11) is 0. The molecule has 1 aromatic heterocycles. The van der Waals surface area contributed by atoms with Gasteiger partial charge in [0, 0.05) is 5.22 Å². The van der Waals surface area contributed by atoms with E-state index in [-0.39, 0.29) is 0 Å². The normalized spacial score (nSPS) is 15.2. The minimum absolute atomic E-state index is 0.934. The molecule has 2 nitrogen and oxygen atoms in total. The maximum Gasteiger partial charge on any atom is 0.0887 e. The van der Waals surface area contributed by atoms with Crippen LogP contribution < -0.4 is 10.6 Å². The molecule has 0 aliphatic rings. The van der Waals surface area contributed by atoms with E-state index in [9.17, 15) is 0 Å². The first-order valence-electron chi connectivity index (χ1n) is 4.36. The molecule has 0 spiro atoms. The summed E-state index contributed by atoms with van der Waals surface area (Å²) in [6.07, 6.45) is 7.84. The lowest BCUT2D eigenvalue weighted by atomic mass is 10.2. The lowest BCUT2D eigenvalue weighted by molar-refractivity contribution is 0.980. The van der Waals surface area contributed by atoms with E-state index in [1.54, 1.807) is 6.20 Å². The number of rotatable bonds is 1. The average molecular weight is 174 g/mol. The highest BCUT2D eigenvalue weighted by atomic mass is 15.1. The molecule has 13 heavy (non-hydrogen) atoms. The third-order valence-corrected chi connectivity index (χ3v) is 1.89. The van der Waals surface area contributed by atoms with E-state index in [1.165, 1.54) is 5.57 Å². The minimum atomic E-state index is 0.934. The molecule has 1 heterocycles. The fourth-order valence-electron chi connectivity index (χ4n) is 1.03. The molecule has 1 aromatic rings. The van der Waals surface area contributed by atoms with Gasteiger partial charge in [0.1, 0.15) is 0 Å². The van der Waals surface area contributed by atoms with Gasteiger partial charge < -0.3 is 0 Å². The third-order valence-electron chi connectivity index (χ3n) is 1.89. The fourth-order valence-corrected chi connectivity index (χ4v) is 1.03. The minimum Gasteiger partial charge on any atom is -0.159 e. The molecular weight excluding hydrogens is 160 g/mol. The second kappa shape index (κ2) is 4.55. The van der Waals surface area contributed by atoms with Gasteiger partial charge in [-0.25, -0.2) is 0 Å². The molecule has 0 amide bonds. The third kappa shape index (κ3) is 2.51. The summed E-state index contributed by atoms with van der Waals surface area (Å²) >= 11 is 0. The molecule has 68 valence electrons. The van der Waals surface area contributed by atoms with Crippen LogP contribution in [0.2, 0.25) is 0 Å². The quantitative estimate of drug-likeness (QED) is 0.635. The Morgan fingerprint density at radius 3 is 2.77 bits per heavy atom. The standard InChI is InChI=1S/C11H14N2/c1-4-9(3)8-10-6-7-12-13-11(10)5-2/h4-8H,1-3H3. The lowest BCUT2D eigenvalue weighted by Gasteiger charge is -1.89. The van der Waals surface area contributed by atoms with Crippen molar-refractivity contribution in [3.8, 4) is 0 Å². The van der Waals surface area contributed by atoms with Gasteiger partial charge in [-0.05, 0) is 26.8 Å². The van der Waals surface area contributed by atoms with E-state index in [4.69, 9.17) is 0 Å². The van der Waals surface area contributed by atoms with Gasteiger partial charge in [-0.2, -0.15) is 10.2 Å². The Balaban J connectivity index is 3.38. The van der Waals surface area contributed by atoms with Crippen molar-refractivity contribution in [3.05, 3.63) is 34.5 Å². The van der Waals surface area contributed by atoms with Gasteiger partial charge in [0.25, 0.3) is 0 Å². The predicted molar refractivity (Wildman–Crippen MR) is 55.3 cm³/mol. The Morgan fingerprint density at radius 2 is 2.15 bits per heavy atom. The predicted octanol–water partition coefficient (Wildman–Crippen LogP) is 1.02. The van der Waals surface area contributed by atoms with E-state index in [0.717, 1.165) is 10.6 Å². The lowest BCUT2D eigenvalue weighted by Crippen LogP contribution is -2.28. The van der Waals surface area contributed by atoms with Crippen LogP contribution in [0.4, 0.5) is 0 Å². The molecule has 0 aromatic carbocycles. The van der Waals surface area contributed by atoms with Crippen LogP contribution in [0.15, 0.2) is 23.9 Å². The van der Waals surface area contributed by atoms with Crippen molar-refractivity contribution < 1.29 is 0 Å². The fraction of sp³-hybridized carbons (Fsp3) is 0.273. The SMILES string of the molecule is CC=C(C)C=c1ccnnc1=CC. The summed E-state index contributed by atoms with van der Waals surface area (Å²) < 4.78 is 0. The Bertz CT molecular complexity index is 416. The van der Waals surface area contributed by atoms with Crippen molar-refractivity contribution in [2.24, 2.45) is 0 Å². The first-order chi connectivity index (χ1) is 6.27. The Hall–Kier alpha value is -1.44. The molecule has 0 radical (unpaired) electrons. The number of hydrogen-bond donors (Lipinski definition) is 0. The van der Waals surface area contributed by atoms with Crippen molar-refractivity contribution in [2.75, 3.05) is 0 Å². The second-order valence-electron chi connectivity index (χ2n) is 2.84. The molecule has 0 atom stereocenters. The van der Waals surface area contributed by atoms with E-state index >= 15 is 0 Å². The van der Waals surface area contributed by atoms with Gasteiger partial charge in [-0.3, -0.25) is 0 Å². The second-order valence-corrected chi connectivity index (χ2v) is 2.84. The summed E-state index contributed by atoms with van der Waals surface area (Å²) in [6, 6.07) is 1.97. The van der Waals surface area contributed by atoms with Crippen molar-refractivity contribution in [2.45, 2.75) is 20.8 Å². The molecule has 0 saturated heterocycles. The Labute approximate surface area is 78.3 Å². The molecule has 0 saturated carbocycles. The zero-order chi connectivity index (χ0) is 9.68. The summed E-state index contributed by atoms with van der Waals surface area (Å²) in [6.45, 7) is 6.06. The van der Waals surface area contributed by atoms with Gasteiger partial charge >= 0.3 is 0 Å². The molecule has 0 aliphatic heterocycles. The number of aromatic nitrogens is 2. The molecule has 0 N–H and O–H groups in total. The maximum atomic E-state index is 4.02. The molecular formula is C11H14N2. The van der Waals surface area contributed by atoms with Crippen molar-refractivity contribution in [1.29, 1.82) is 0 Å². The highest BCUT2D eigenvalue weighted by Crippen LogP contribution is 1.90. The van der Waals surface area contributed by atoms with Gasteiger partial charge in [0.2, 0.25) is 0 Å². The Kier molecular flexibility index (Phi) is 3.38. The molecule has 1 rings (SSSR count). The van der Waals surface area contributed by atoms with Crippen LogP contribution in [0.5, 0.6) is 0 Å². The zero-order valence-electron chi connectivity index (χ0n) is 8.28. The summed E-state index contributed by atoms with van der Waals surface area (Å²) in [5, 5.41) is 9.90. The topological polar surface area (TPSA) is 25.8 Å². The first-order valence-corrected chi connectivity index (χ1v) is 4.36. The van der Waals surface area contributed by atoms with Gasteiger partial charge in [-0.1, -0.05) is 23.8 Å². The van der Waals surface area contributed by atoms with Crippen LogP contribution in [0, 0.1) is 0 Å². The zero-order valence-corrected chi connectivity index (χ0v) is 8.28. The van der Waals surface area contributed by atoms with Gasteiger partial charge in [0.15, 0.2) is 0 Å². The number of hydrogen-bond acceptors (Lipinski definition) is 2. The van der Waals surface area contributed by atoms with E-state index in [1.807, 2.05) is 26.0 Å². The van der Waals surface area contributed by atoms with Crippen molar-refractivity contribution in [1.82, 2.24) is 10.2 Å². The van der Waals surface area contributed by atoms with Crippen LogP contribution in [-0.4, -0.2) is 10.2 Å². The van der Waals surface area contributed by atoms with Gasteiger partial charge in [0.05, 0.1) is 11.5 Å². The van der Waals surface area contributed by atoms with Crippen molar-refractivity contribution in [3.63, 3.8) is 0 Å². The number of nitrogens with zero attached hydrogens (tertiary/aromatic N) is 2. The first kappa shape index (κ1) is 9.65. The highest BCUT2D eigenvalue weighted by Gasteiger charge is 1.85. The molecule has 2 heteroatoms. The Morgan fingerprint density at radius 1 is 1.38 bits per heavy atom. The van der Waals surface area contributed by atoms with E-state index in [2.05, 4.69) is 29.3 Å². The molecule has 0 aliphatic carbocycles. The smallest absolute Gasteiger partial charge is 0.0887 e. The summed E-state index contributed by atoms with van der Waals surface area (Å²) in [5.41, 5.74) is 1.23. The molecule has 0 bridgehead atoms. The number of allylic oxidation sites excluding steroid dienone is 2. The van der Waals surface area contributed by atoms with Crippen molar-refractivity contribution >= 4 is 12.2 Å². The maximum absolute atomic E-state index is 4.02.